The lowest BCUT2D eigenvalue weighted by molar-refractivity contribution is -0.168. The van der Waals surface area contributed by atoms with E-state index < -0.39 is 0 Å². The highest BCUT2D eigenvalue weighted by molar-refractivity contribution is 5.97. The summed E-state index contributed by atoms with van der Waals surface area (Å²) in [5.41, 5.74) is 0.692. The van der Waals surface area contributed by atoms with Crippen LogP contribution in [0.25, 0.3) is 0 Å². The lowest BCUT2D eigenvalue weighted by Gasteiger charge is -2.15. The van der Waals surface area contributed by atoms with E-state index in [4.69, 9.17) is 4.84 Å². The molecule has 0 aliphatic heterocycles. The number of hydroxylamine groups is 2. The molecule has 18 heavy (non-hydrogen) atoms. The largest absolute Gasteiger partial charge is 0.294 e. The highest BCUT2D eigenvalue weighted by atomic mass is 16.7. The zero-order valence-corrected chi connectivity index (χ0v) is 11.1. The number of nitrogens with zero attached hydrogens (tertiary/aromatic N) is 1. The van der Waals surface area contributed by atoms with Gasteiger partial charge in [-0.15, -0.1) is 0 Å². The SMILES string of the molecule is CON(C)C(=O)CC[C@H](C)C(=O)c1ccccc1. The first-order valence-corrected chi connectivity index (χ1v) is 5.96. The molecule has 4 nitrogen and oxygen atoms in total. The normalized spacial score (nSPS) is 11.9. The van der Waals surface area contributed by atoms with Crippen molar-refractivity contribution in [1.82, 2.24) is 5.06 Å². The van der Waals surface area contributed by atoms with E-state index in [0.717, 1.165) is 0 Å². The van der Waals surface area contributed by atoms with Crippen molar-refractivity contribution in [1.29, 1.82) is 0 Å². The number of benzene rings is 1. The van der Waals surface area contributed by atoms with Gasteiger partial charge in [-0.2, -0.15) is 0 Å². The van der Waals surface area contributed by atoms with E-state index >= 15 is 0 Å². The summed E-state index contributed by atoms with van der Waals surface area (Å²) in [4.78, 5) is 28.4. The lowest BCUT2D eigenvalue weighted by Crippen LogP contribution is -2.26. The van der Waals surface area contributed by atoms with Gasteiger partial charge in [-0.05, 0) is 6.42 Å². The molecule has 0 radical (unpaired) electrons. The molecule has 1 aromatic carbocycles. The molecule has 1 amide bonds. The minimum absolute atomic E-state index is 0.0727. The summed E-state index contributed by atoms with van der Waals surface area (Å²) in [6, 6.07) is 9.13. The summed E-state index contributed by atoms with van der Waals surface area (Å²) in [5, 5.41) is 1.18. The fraction of sp³-hybridized carbons (Fsp3) is 0.429. The number of Topliss-reactive ketones (excluding diaryl/α,β-unsaturated/α-hetero) is 1. The highest BCUT2D eigenvalue weighted by Crippen LogP contribution is 2.14. The van der Waals surface area contributed by atoms with Crippen molar-refractivity contribution in [2.75, 3.05) is 14.2 Å². The Bertz CT molecular complexity index is 403. The van der Waals surface area contributed by atoms with Gasteiger partial charge < -0.3 is 0 Å². The van der Waals surface area contributed by atoms with Crippen molar-refractivity contribution >= 4 is 11.7 Å². The number of hydrogen-bond acceptors (Lipinski definition) is 3. The third-order valence-electron chi connectivity index (χ3n) is 2.92. The van der Waals surface area contributed by atoms with Gasteiger partial charge in [-0.3, -0.25) is 14.4 Å². The van der Waals surface area contributed by atoms with Crippen LogP contribution < -0.4 is 0 Å². The summed E-state index contributed by atoms with van der Waals surface area (Å²) in [5.74, 6) is -0.213. The number of carbonyl (C=O) groups excluding carboxylic acids is 2. The first-order valence-electron chi connectivity index (χ1n) is 5.96. The Morgan fingerprint density at radius 3 is 2.44 bits per heavy atom. The fourth-order valence-corrected chi connectivity index (χ4v) is 1.62. The van der Waals surface area contributed by atoms with Crippen LogP contribution in [0.1, 0.15) is 30.1 Å². The van der Waals surface area contributed by atoms with Crippen LogP contribution in [-0.2, 0) is 9.63 Å². The summed E-state index contributed by atoms with van der Waals surface area (Å²) in [7, 11) is 3.00. The second-order valence-electron chi connectivity index (χ2n) is 4.24. The highest BCUT2D eigenvalue weighted by Gasteiger charge is 2.17. The fourth-order valence-electron chi connectivity index (χ4n) is 1.62. The Morgan fingerprint density at radius 2 is 1.89 bits per heavy atom. The lowest BCUT2D eigenvalue weighted by atomic mass is 9.95. The molecule has 0 fully saturated rings. The van der Waals surface area contributed by atoms with E-state index in [1.807, 2.05) is 25.1 Å². The topological polar surface area (TPSA) is 46.6 Å². The Morgan fingerprint density at radius 1 is 1.28 bits per heavy atom. The van der Waals surface area contributed by atoms with Gasteiger partial charge in [0, 0.05) is 24.9 Å². The molecule has 0 bridgehead atoms. The van der Waals surface area contributed by atoms with Crippen molar-refractivity contribution in [3.05, 3.63) is 35.9 Å². The number of carbonyl (C=O) groups is 2. The Kier molecular flexibility index (Phi) is 5.52. The first kappa shape index (κ1) is 14.4. The number of ketones is 1. The summed E-state index contributed by atoms with van der Waals surface area (Å²) >= 11 is 0. The second-order valence-corrected chi connectivity index (χ2v) is 4.24. The van der Waals surface area contributed by atoms with Gasteiger partial charge in [0.05, 0.1) is 7.11 Å². The molecule has 98 valence electrons. The van der Waals surface area contributed by atoms with E-state index in [1.54, 1.807) is 19.2 Å². The van der Waals surface area contributed by atoms with Gasteiger partial charge in [0.25, 0.3) is 0 Å². The smallest absolute Gasteiger partial charge is 0.245 e. The van der Waals surface area contributed by atoms with E-state index in [-0.39, 0.29) is 17.6 Å². The van der Waals surface area contributed by atoms with Gasteiger partial charge in [0.1, 0.15) is 0 Å². The van der Waals surface area contributed by atoms with Crippen LogP contribution in [0.15, 0.2) is 30.3 Å². The van der Waals surface area contributed by atoms with Crippen LogP contribution in [0.5, 0.6) is 0 Å². The quantitative estimate of drug-likeness (QED) is 0.574. The van der Waals surface area contributed by atoms with Crippen LogP contribution in [0, 0.1) is 5.92 Å². The zero-order valence-electron chi connectivity index (χ0n) is 11.1. The molecular formula is C14H19NO3. The number of hydrogen-bond donors (Lipinski definition) is 0. The van der Waals surface area contributed by atoms with Crippen molar-refractivity contribution in [3.63, 3.8) is 0 Å². The Balaban J connectivity index is 2.49. The maximum atomic E-state index is 12.0. The molecule has 0 N–H and O–H groups in total. The standard InChI is InChI=1S/C14H19NO3/c1-11(9-10-13(16)15(2)18-3)14(17)12-7-5-4-6-8-12/h4-8,11H,9-10H2,1-3H3/t11-/m0/s1. The summed E-state index contributed by atoms with van der Waals surface area (Å²) in [6.45, 7) is 1.84. The van der Waals surface area contributed by atoms with Crippen LogP contribution in [-0.4, -0.2) is 30.9 Å². The molecule has 0 saturated heterocycles. The van der Waals surface area contributed by atoms with Crippen molar-refractivity contribution in [2.45, 2.75) is 19.8 Å². The van der Waals surface area contributed by atoms with Crippen LogP contribution in [0.2, 0.25) is 0 Å². The second kappa shape index (κ2) is 6.91. The average Bonchev–Trinajstić information content (AvgIpc) is 2.43. The Hall–Kier alpha value is -1.68. The molecule has 0 aliphatic rings. The monoisotopic (exact) mass is 249 g/mol. The Labute approximate surface area is 108 Å². The van der Waals surface area contributed by atoms with Crippen molar-refractivity contribution in [3.8, 4) is 0 Å². The molecule has 4 heteroatoms. The van der Waals surface area contributed by atoms with Gasteiger partial charge in [0.15, 0.2) is 5.78 Å². The molecule has 1 atom stereocenters. The third kappa shape index (κ3) is 3.96. The van der Waals surface area contributed by atoms with Crippen LogP contribution in [0.3, 0.4) is 0 Å². The van der Waals surface area contributed by atoms with Crippen molar-refractivity contribution in [2.24, 2.45) is 5.92 Å². The molecule has 0 unspecified atom stereocenters. The van der Waals surface area contributed by atoms with Gasteiger partial charge in [-0.25, -0.2) is 5.06 Å². The molecule has 0 aromatic heterocycles. The summed E-state index contributed by atoms with van der Waals surface area (Å²) < 4.78 is 0. The van der Waals surface area contributed by atoms with E-state index in [2.05, 4.69) is 0 Å². The molecule has 0 saturated carbocycles. The van der Waals surface area contributed by atoms with E-state index in [0.29, 0.717) is 18.4 Å². The molecule has 1 aromatic rings. The third-order valence-corrected chi connectivity index (χ3v) is 2.92. The minimum atomic E-state index is -0.165. The average molecular weight is 249 g/mol. The molecular weight excluding hydrogens is 230 g/mol. The zero-order chi connectivity index (χ0) is 13.5. The van der Waals surface area contributed by atoms with Gasteiger partial charge in [0.2, 0.25) is 5.91 Å². The van der Waals surface area contributed by atoms with Crippen molar-refractivity contribution < 1.29 is 14.4 Å². The van der Waals surface area contributed by atoms with Gasteiger partial charge in [-0.1, -0.05) is 37.3 Å². The number of rotatable bonds is 6. The van der Waals surface area contributed by atoms with Crippen LogP contribution >= 0.6 is 0 Å². The van der Waals surface area contributed by atoms with E-state index in [1.165, 1.54) is 12.2 Å². The predicted octanol–water partition coefficient (Wildman–Crippen LogP) is 2.31. The summed E-state index contributed by atoms with van der Waals surface area (Å²) in [6.07, 6.45) is 0.838. The van der Waals surface area contributed by atoms with Gasteiger partial charge >= 0.3 is 0 Å². The molecule has 1 rings (SSSR count). The molecule has 0 spiro atoms. The maximum Gasteiger partial charge on any atom is 0.245 e. The molecule has 0 heterocycles. The predicted molar refractivity (Wildman–Crippen MR) is 68.9 cm³/mol. The minimum Gasteiger partial charge on any atom is -0.294 e. The van der Waals surface area contributed by atoms with Crippen LogP contribution in [0.4, 0.5) is 0 Å². The number of amides is 1. The van der Waals surface area contributed by atoms with E-state index in [9.17, 15) is 9.59 Å². The molecule has 0 aliphatic carbocycles. The first-order chi connectivity index (χ1) is 8.56. The maximum absolute atomic E-state index is 12.0.